The van der Waals surface area contributed by atoms with E-state index in [9.17, 15) is 14.0 Å². The highest BCUT2D eigenvalue weighted by atomic mass is 35.5. The molecule has 166 valence electrons. The number of carbonyl (C=O) groups excluding carboxylic acids is 2. The van der Waals surface area contributed by atoms with Gasteiger partial charge in [-0.2, -0.15) is 0 Å². The van der Waals surface area contributed by atoms with Gasteiger partial charge in [0.05, 0.1) is 11.4 Å². The maximum Gasteiger partial charge on any atom is 0.234 e. The van der Waals surface area contributed by atoms with Crippen LogP contribution in [0, 0.1) is 11.7 Å². The predicted octanol–water partition coefficient (Wildman–Crippen LogP) is 3.74. The largest absolute Gasteiger partial charge is 0.356 e. The lowest BCUT2D eigenvalue weighted by molar-refractivity contribution is -0.125. The Hall–Kier alpha value is -2.39. The van der Waals surface area contributed by atoms with Crippen molar-refractivity contribution in [2.75, 3.05) is 35.6 Å². The zero-order chi connectivity index (χ0) is 22.2. The fourth-order valence-electron chi connectivity index (χ4n) is 3.24. The molecule has 1 aliphatic heterocycles. The summed E-state index contributed by atoms with van der Waals surface area (Å²) in [6, 6.07) is 7.76. The van der Waals surface area contributed by atoms with Gasteiger partial charge >= 0.3 is 0 Å². The molecule has 0 saturated carbocycles. The van der Waals surface area contributed by atoms with Gasteiger partial charge < -0.3 is 15.5 Å². The van der Waals surface area contributed by atoms with Gasteiger partial charge in [-0.15, -0.1) is 10.2 Å². The normalized spacial score (nSPS) is 14.4. The zero-order valence-corrected chi connectivity index (χ0v) is 18.8. The molecule has 1 aromatic heterocycles. The van der Waals surface area contributed by atoms with Crippen molar-refractivity contribution in [2.24, 2.45) is 5.92 Å². The molecule has 2 amide bonds. The van der Waals surface area contributed by atoms with E-state index in [1.807, 2.05) is 19.1 Å². The average molecular weight is 466 g/mol. The number of aromatic nitrogens is 2. The van der Waals surface area contributed by atoms with Gasteiger partial charge in [-0.25, -0.2) is 4.39 Å². The van der Waals surface area contributed by atoms with E-state index in [0.29, 0.717) is 5.03 Å². The smallest absolute Gasteiger partial charge is 0.234 e. The highest BCUT2D eigenvalue weighted by molar-refractivity contribution is 7.99. The number of hydrogen-bond donors (Lipinski definition) is 2. The van der Waals surface area contributed by atoms with Crippen LogP contribution < -0.4 is 15.5 Å². The van der Waals surface area contributed by atoms with E-state index < -0.39 is 5.82 Å². The summed E-state index contributed by atoms with van der Waals surface area (Å²) in [5.41, 5.74) is 0.0863. The monoisotopic (exact) mass is 465 g/mol. The number of thioether (sulfide) groups is 1. The highest BCUT2D eigenvalue weighted by Gasteiger charge is 2.25. The summed E-state index contributed by atoms with van der Waals surface area (Å²) in [6.07, 6.45) is 2.51. The summed E-state index contributed by atoms with van der Waals surface area (Å²) >= 11 is 6.93. The summed E-state index contributed by atoms with van der Waals surface area (Å²) in [7, 11) is 0. The molecule has 1 saturated heterocycles. The fraction of sp³-hybridized carbons (Fsp3) is 0.429. The highest BCUT2D eigenvalue weighted by Crippen LogP contribution is 2.24. The molecule has 0 spiro atoms. The van der Waals surface area contributed by atoms with Gasteiger partial charge in [0.2, 0.25) is 11.8 Å². The summed E-state index contributed by atoms with van der Waals surface area (Å²) in [4.78, 5) is 26.3. The zero-order valence-electron chi connectivity index (χ0n) is 17.2. The molecule has 0 atom stereocenters. The van der Waals surface area contributed by atoms with E-state index in [2.05, 4.69) is 25.7 Å². The number of benzene rings is 1. The minimum absolute atomic E-state index is 0.0505. The second-order valence-electron chi connectivity index (χ2n) is 7.24. The number of carbonyl (C=O) groups is 2. The lowest BCUT2D eigenvalue weighted by Gasteiger charge is -2.31. The van der Waals surface area contributed by atoms with E-state index in [0.717, 1.165) is 50.8 Å². The molecule has 1 aromatic carbocycles. The van der Waals surface area contributed by atoms with Crippen molar-refractivity contribution in [3.8, 4) is 0 Å². The first kappa shape index (κ1) is 23.3. The molecule has 2 N–H and O–H groups in total. The lowest BCUT2D eigenvalue weighted by Crippen LogP contribution is -2.41. The van der Waals surface area contributed by atoms with Gasteiger partial charge in [-0.05, 0) is 49.6 Å². The first-order valence-electron chi connectivity index (χ1n) is 10.2. The Labute approximate surface area is 190 Å². The minimum Gasteiger partial charge on any atom is -0.356 e. The first-order chi connectivity index (χ1) is 15.0. The van der Waals surface area contributed by atoms with Gasteiger partial charge in [-0.1, -0.05) is 30.3 Å². The summed E-state index contributed by atoms with van der Waals surface area (Å²) in [5, 5.41) is 14.8. The molecule has 7 nitrogen and oxygen atoms in total. The average Bonchev–Trinajstić information content (AvgIpc) is 2.78. The molecule has 2 aromatic rings. The lowest BCUT2D eigenvalue weighted by atomic mass is 9.96. The van der Waals surface area contributed by atoms with E-state index in [1.165, 1.54) is 23.9 Å². The van der Waals surface area contributed by atoms with E-state index in [1.54, 1.807) is 0 Å². The van der Waals surface area contributed by atoms with Crippen LogP contribution in [0.5, 0.6) is 0 Å². The third kappa shape index (κ3) is 6.80. The van der Waals surface area contributed by atoms with Crippen LogP contribution in [0.3, 0.4) is 0 Å². The Morgan fingerprint density at radius 3 is 2.65 bits per heavy atom. The van der Waals surface area contributed by atoms with Crippen LogP contribution in [0.25, 0.3) is 0 Å². The van der Waals surface area contributed by atoms with Crippen LogP contribution in [-0.2, 0) is 9.59 Å². The molecule has 0 unspecified atom stereocenters. The summed E-state index contributed by atoms with van der Waals surface area (Å²) < 4.78 is 13.8. The molecular weight excluding hydrogens is 441 g/mol. The van der Waals surface area contributed by atoms with E-state index in [4.69, 9.17) is 11.6 Å². The standard InChI is InChI=1S/C21H25ClFN5O2S/c1-2-9-24-21(30)14-7-10-28(11-8-14)18-5-6-20(27-26-18)31-13-19(29)25-17-4-3-15(22)12-16(17)23/h3-6,12,14H,2,7-11,13H2,1H3,(H,24,30)(H,25,29). The Balaban J connectivity index is 1.45. The Morgan fingerprint density at radius 2 is 2.00 bits per heavy atom. The Kier molecular flexibility index (Phi) is 8.48. The van der Waals surface area contributed by atoms with Crippen LogP contribution in [0.4, 0.5) is 15.9 Å². The van der Waals surface area contributed by atoms with Crippen LogP contribution in [0.1, 0.15) is 26.2 Å². The van der Waals surface area contributed by atoms with Crippen LogP contribution in [0.2, 0.25) is 5.02 Å². The third-order valence-corrected chi connectivity index (χ3v) is 6.08. The molecule has 3 rings (SSSR count). The molecule has 31 heavy (non-hydrogen) atoms. The van der Waals surface area contributed by atoms with Crippen molar-refractivity contribution in [2.45, 2.75) is 31.2 Å². The van der Waals surface area contributed by atoms with Crippen molar-refractivity contribution in [3.05, 3.63) is 41.2 Å². The number of piperidine rings is 1. The van der Waals surface area contributed by atoms with Crippen molar-refractivity contribution in [3.63, 3.8) is 0 Å². The number of rotatable bonds is 8. The summed E-state index contributed by atoms with van der Waals surface area (Å²) in [5.74, 6) is 0.0891. The van der Waals surface area contributed by atoms with Crippen LogP contribution >= 0.6 is 23.4 Å². The van der Waals surface area contributed by atoms with E-state index in [-0.39, 0.29) is 34.2 Å². The van der Waals surface area contributed by atoms with Gasteiger partial charge in [-0.3, -0.25) is 9.59 Å². The fourth-order valence-corrected chi connectivity index (χ4v) is 4.01. The summed E-state index contributed by atoms with van der Waals surface area (Å²) in [6.45, 7) is 4.26. The SMILES string of the molecule is CCCNC(=O)C1CCN(c2ccc(SCC(=O)Nc3ccc(Cl)cc3F)nn2)CC1. The first-order valence-corrected chi connectivity index (χ1v) is 11.6. The molecule has 0 bridgehead atoms. The van der Waals surface area contributed by atoms with Gasteiger partial charge in [0.25, 0.3) is 0 Å². The second-order valence-corrected chi connectivity index (χ2v) is 8.68. The Bertz CT molecular complexity index is 907. The molecular formula is C21H25ClFN5O2S. The van der Waals surface area contributed by atoms with Gasteiger partial charge in [0.1, 0.15) is 10.8 Å². The van der Waals surface area contributed by atoms with E-state index >= 15 is 0 Å². The van der Waals surface area contributed by atoms with Crippen LogP contribution in [-0.4, -0.2) is 47.4 Å². The molecule has 0 radical (unpaired) electrons. The Morgan fingerprint density at radius 1 is 1.23 bits per heavy atom. The quantitative estimate of drug-likeness (QED) is 0.577. The molecule has 1 aliphatic rings. The molecule has 10 heteroatoms. The van der Waals surface area contributed by atoms with Crippen molar-refractivity contribution >= 4 is 46.7 Å². The number of hydrogen-bond acceptors (Lipinski definition) is 6. The number of halogens is 2. The number of nitrogens with one attached hydrogen (secondary N) is 2. The molecule has 0 aliphatic carbocycles. The van der Waals surface area contributed by atoms with Gasteiger partial charge in [0, 0.05) is 30.6 Å². The van der Waals surface area contributed by atoms with Crippen molar-refractivity contribution in [1.29, 1.82) is 0 Å². The minimum atomic E-state index is -0.582. The van der Waals surface area contributed by atoms with Crippen molar-refractivity contribution < 1.29 is 14.0 Å². The number of anilines is 2. The third-order valence-electron chi connectivity index (χ3n) is 4.92. The number of nitrogens with zero attached hydrogens (tertiary/aromatic N) is 3. The topological polar surface area (TPSA) is 87.2 Å². The van der Waals surface area contributed by atoms with Crippen molar-refractivity contribution in [1.82, 2.24) is 15.5 Å². The van der Waals surface area contributed by atoms with Gasteiger partial charge in [0.15, 0.2) is 5.82 Å². The number of amides is 2. The molecule has 1 fully saturated rings. The maximum atomic E-state index is 13.8. The second kappa shape index (κ2) is 11.3. The maximum absolute atomic E-state index is 13.8. The molecule has 2 heterocycles. The predicted molar refractivity (Wildman–Crippen MR) is 121 cm³/mol. The van der Waals surface area contributed by atoms with Crippen LogP contribution in [0.15, 0.2) is 35.4 Å².